The molecule has 0 radical (unpaired) electrons. The Hall–Kier alpha value is -3.81. The second kappa shape index (κ2) is 11.0. The third kappa shape index (κ3) is 5.19. The van der Waals surface area contributed by atoms with Crippen molar-refractivity contribution in [3.8, 4) is 16.9 Å². The zero-order valence-corrected chi connectivity index (χ0v) is 24.4. The van der Waals surface area contributed by atoms with Gasteiger partial charge in [0, 0.05) is 42.8 Å². The predicted octanol–water partition coefficient (Wildman–Crippen LogP) is 4.91. The van der Waals surface area contributed by atoms with E-state index in [0.29, 0.717) is 6.42 Å². The molecule has 0 unspecified atom stereocenters. The summed E-state index contributed by atoms with van der Waals surface area (Å²) < 4.78 is 33.5. The van der Waals surface area contributed by atoms with Gasteiger partial charge < -0.3 is 14.5 Å². The molecule has 10 nitrogen and oxygen atoms in total. The summed E-state index contributed by atoms with van der Waals surface area (Å²) in [4.78, 5) is 14.9. The minimum absolute atomic E-state index is 0.190. The number of hydrogen-bond acceptors (Lipinski definition) is 11. The summed E-state index contributed by atoms with van der Waals surface area (Å²) in [6, 6.07) is 15.0. The van der Waals surface area contributed by atoms with Crippen LogP contribution in [0.1, 0.15) is 11.9 Å². The summed E-state index contributed by atoms with van der Waals surface area (Å²) in [5.74, 6) is 1.76. The number of nitrogens with zero attached hydrogens (tertiary/aromatic N) is 6. The van der Waals surface area contributed by atoms with E-state index in [2.05, 4.69) is 47.2 Å². The molecule has 0 atom stereocenters. The predicted molar refractivity (Wildman–Crippen MR) is 160 cm³/mol. The zero-order valence-electron chi connectivity index (χ0n) is 21.9. The molecule has 4 heterocycles. The van der Waals surface area contributed by atoms with Gasteiger partial charge in [-0.15, -0.1) is 21.5 Å². The Kier molecular flexibility index (Phi) is 7.26. The maximum atomic E-state index is 12.8. The molecule has 0 amide bonds. The summed E-state index contributed by atoms with van der Waals surface area (Å²) >= 11 is 2.86. The fraction of sp³-hybridized carbons (Fsp3) is 0.259. The van der Waals surface area contributed by atoms with Gasteiger partial charge in [0.15, 0.2) is 0 Å². The first-order valence-corrected chi connectivity index (χ1v) is 15.9. The lowest BCUT2D eigenvalue weighted by molar-refractivity contribution is 0.415. The minimum Gasteiger partial charge on any atom is -0.497 e. The molecule has 0 aliphatic carbocycles. The van der Waals surface area contributed by atoms with E-state index in [9.17, 15) is 8.42 Å². The first-order chi connectivity index (χ1) is 19.4. The second-order valence-corrected chi connectivity index (χ2v) is 12.8. The molecule has 0 spiro atoms. The van der Waals surface area contributed by atoms with Gasteiger partial charge in [-0.1, -0.05) is 30.4 Å². The van der Waals surface area contributed by atoms with Crippen molar-refractivity contribution >= 4 is 59.6 Å². The van der Waals surface area contributed by atoms with Crippen LogP contribution in [0.3, 0.4) is 0 Å². The first-order valence-electron chi connectivity index (χ1n) is 12.8. The van der Waals surface area contributed by atoms with Gasteiger partial charge in [0.2, 0.25) is 5.13 Å². The Morgan fingerprint density at radius 3 is 2.35 bits per heavy atom. The molecule has 0 bridgehead atoms. The average Bonchev–Trinajstić information content (AvgIpc) is 3.64. The summed E-state index contributed by atoms with van der Waals surface area (Å²) in [5.41, 5.74) is 3.19. The summed E-state index contributed by atoms with van der Waals surface area (Å²) in [6.45, 7) is 5.07. The fourth-order valence-corrected chi connectivity index (χ4v) is 7.53. The van der Waals surface area contributed by atoms with E-state index in [-0.39, 0.29) is 10.0 Å². The number of aryl methyl sites for hydroxylation is 1. The SMILES string of the molecule is CCc1nnc(NS(=O)(=O)c2ccc(N3CCN(c4ncnc5scc(-c6ccc(OC)cc6)c45)CC3)cc2)s1. The van der Waals surface area contributed by atoms with Crippen molar-refractivity contribution in [2.24, 2.45) is 0 Å². The smallest absolute Gasteiger partial charge is 0.263 e. The normalized spacial score (nSPS) is 14.1. The van der Waals surface area contributed by atoms with Gasteiger partial charge in [0.1, 0.15) is 27.7 Å². The molecule has 1 fully saturated rings. The van der Waals surface area contributed by atoms with Crippen molar-refractivity contribution in [3.05, 3.63) is 65.2 Å². The number of benzene rings is 2. The van der Waals surface area contributed by atoms with Crippen LogP contribution in [0.2, 0.25) is 0 Å². The Morgan fingerprint density at radius 2 is 1.68 bits per heavy atom. The van der Waals surface area contributed by atoms with Crippen molar-refractivity contribution < 1.29 is 13.2 Å². The van der Waals surface area contributed by atoms with Crippen molar-refractivity contribution in [2.45, 2.75) is 18.2 Å². The monoisotopic (exact) mass is 593 g/mol. The molecule has 2 aromatic carbocycles. The highest BCUT2D eigenvalue weighted by molar-refractivity contribution is 7.93. The molecule has 5 aromatic rings. The minimum atomic E-state index is -3.74. The standard InChI is InChI=1S/C27H27N7O3S3/c1-3-23-30-31-27(39-23)32-40(35,36)21-10-6-19(7-11-21)33-12-14-34(15-13-33)25-24-22(16-38-26(24)29-17-28-25)18-4-8-20(37-2)9-5-18/h4-11,16-17H,3,12-15H2,1-2H3,(H,31,32). The number of rotatable bonds is 8. The van der Waals surface area contributed by atoms with Gasteiger partial charge in [-0.3, -0.25) is 4.72 Å². The van der Waals surface area contributed by atoms with Crippen LogP contribution in [0, 0.1) is 0 Å². The lowest BCUT2D eigenvalue weighted by Crippen LogP contribution is -2.46. The van der Waals surface area contributed by atoms with E-state index in [0.717, 1.165) is 69.8 Å². The molecular formula is C27H27N7O3S3. The number of anilines is 3. The average molecular weight is 594 g/mol. The van der Waals surface area contributed by atoms with Gasteiger partial charge in [-0.2, -0.15) is 0 Å². The lowest BCUT2D eigenvalue weighted by atomic mass is 10.1. The number of thiophene rings is 1. The van der Waals surface area contributed by atoms with Gasteiger partial charge >= 0.3 is 0 Å². The number of piperazine rings is 1. The summed E-state index contributed by atoms with van der Waals surface area (Å²) in [6.07, 6.45) is 2.34. The van der Waals surface area contributed by atoms with Gasteiger partial charge in [0.05, 0.1) is 17.4 Å². The number of hydrogen-bond donors (Lipinski definition) is 1. The number of ether oxygens (including phenoxy) is 1. The third-order valence-electron chi connectivity index (χ3n) is 6.83. The Balaban J connectivity index is 1.16. The third-order valence-corrected chi connectivity index (χ3v) is 10.2. The van der Waals surface area contributed by atoms with E-state index in [1.165, 1.54) is 11.3 Å². The Bertz CT molecular complexity index is 1730. The van der Waals surface area contributed by atoms with Crippen LogP contribution in [-0.4, -0.2) is 61.9 Å². The molecule has 6 rings (SSSR count). The highest BCUT2D eigenvalue weighted by atomic mass is 32.2. The van der Waals surface area contributed by atoms with Crippen molar-refractivity contribution in [3.63, 3.8) is 0 Å². The molecule has 0 saturated carbocycles. The fourth-order valence-electron chi connectivity index (χ4n) is 4.71. The quantitative estimate of drug-likeness (QED) is 0.268. The van der Waals surface area contributed by atoms with Crippen LogP contribution in [0.25, 0.3) is 21.3 Å². The Morgan fingerprint density at radius 1 is 0.950 bits per heavy atom. The largest absolute Gasteiger partial charge is 0.497 e. The molecule has 1 N–H and O–H groups in total. The van der Waals surface area contributed by atoms with Crippen LogP contribution < -0.4 is 19.3 Å². The number of methoxy groups -OCH3 is 1. The van der Waals surface area contributed by atoms with E-state index < -0.39 is 10.0 Å². The van der Waals surface area contributed by atoms with Crippen molar-refractivity contribution in [2.75, 3.05) is 47.8 Å². The van der Waals surface area contributed by atoms with Crippen LogP contribution in [0.15, 0.2) is 65.1 Å². The number of fused-ring (bicyclic) bond motifs is 1. The van der Waals surface area contributed by atoms with E-state index in [1.54, 1.807) is 36.9 Å². The number of nitrogens with one attached hydrogen (secondary N) is 1. The highest BCUT2D eigenvalue weighted by Gasteiger charge is 2.23. The van der Waals surface area contributed by atoms with Crippen molar-refractivity contribution in [1.82, 2.24) is 20.2 Å². The van der Waals surface area contributed by atoms with Crippen molar-refractivity contribution in [1.29, 1.82) is 0 Å². The molecule has 1 aliphatic rings. The molecule has 3 aromatic heterocycles. The molecule has 206 valence electrons. The second-order valence-electron chi connectivity index (χ2n) is 9.18. The van der Waals surface area contributed by atoms with Crippen LogP contribution >= 0.6 is 22.7 Å². The number of aromatic nitrogens is 4. The Labute approximate surface area is 240 Å². The maximum Gasteiger partial charge on any atom is 0.263 e. The van der Waals surface area contributed by atoms with Crippen LogP contribution in [0.4, 0.5) is 16.6 Å². The van der Waals surface area contributed by atoms with Crippen LogP contribution in [0.5, 0.6) is 5.75 Å². The zero-order chi connectivity index (χ0) is 27.7. The van der Waals surface area contributed by atoms with Crippen LogP contribution in [-0.2, 0) is 16.4 Å². The van der Waals surface area contributed by atoms with E-state index in [4.69, 9.17) is 9.72 Å². The molecule has 13 heteroatoms. The molecular weight excluding hydrogens is 567 g/mol. The molecule has 1 aliphatic heterocycles. The van der Waals surface area contributed by atoms with Gasteiger partial charge in [-0.25, -0.2) is 18.4 Å². The molecule has 1 saturated heterocycles. The number of sulfonamides is 1. The first kappa shape index (κ1) is 26.4. The maximum absolute atomic E-state index is 12.8. The van der Waals surface area contributed by atoms with Gasteiger partial charge in [-0.05, 0) is 48.4 Å². The van der Waals surface area contributed by atoms with E-state index in [1.807, 2.05) is 31.2 Å². The summed E-state index contributed by atoms with van der Waals surface area (Å²) in [5, 5.41) is 12.2. The molecule has 40 heavy (non-hydrogen) atoms. The topological polar surface area (TPSA) is 113 Å². The summed E-state index contributed by atoms with van der Waals surface area (Å²) in [7, 11) is -2.07. The van der Waals surface area contributed by atoms with E-state index >= 15 is 0 Å². The van der Waals surface area contributed by atoms with Gasteiger partial charge in [0.25, 0.3) is 10.0 Å². The highest BCUT2D eigenvalue weighted by Crippen LogP contribution is 2.38. The lowest BCUT2D eigenvalue weighted by Gasteiger charge is -2.37.